The lowest BCUT2D eigenvalue weighted by Gasteiger charge is -2.03. The van der Waals surface area contributed by atoms with E-state index in [1.165, 1.54) is 16.7 Å². The fourth-order valence-electron chi connectivity index (χ4n) is 1.81. The van der Waals surface area contributed by atoms with E-state index < -0.39 is 0 Å². The smallest absolute Gasteiger partial charge is 0.0199 e. The van der Waals surface area contributed by atoms with Crippen molar-refractivity contribution in [3.05, 3.63) is 72.3 Å². The van der Waals surface area contributed by atoms with E-state index >= 15 is 0 Å². The molecule has 0 heteroatoms. The van der Waals surface area contributed by atoms with Crippen LogP contribution in [0.25, 0.3) is 11.1 Å². The Kier molecular flexibility index (Phi) is 1.92. The van der Waals surface area contributed by atoms with E-state index in [0.717, 1.165) is 0 Å². The molecule has 0 nitrogen and oxygen atoms in total. The van der Waals surface area contributed by atoms with Gasteiger partial charge in [-0.05, 0) is 16.7 Å². The van der Waals surface area contributed by atoms with Crippen molar-refractivity contribution in [1.29, 1.82) is 0 Å². The molecule has 0 saturated heterocycles. The molecule has 0 atom stereocenters. The van der Waals surface area contributed by atoms with Crippen molar-refractivity contribution in [2.24, 2.45) is 0 Å². The van der Waals surface area contributed by atoms with E-state index in [1.807, 2.05) is 6.07 Å². The van der Waals surface area contributed by atoms with Crippen molar-refractivity contribution >= 4 is 0 Å². The summed E-state index contributed by atoms with van der Waals surface area (Å²) in [7, 11) is 0. The minimum atomic E-state index is 0.606. The van der Waals surface area contributed by atoms with E-state index in [1.54, 1.807) is 0 Å². The number of hydrogen-bond acceptors (Lipinski definition) is 0. The molecule has 0 N–H and O–H groups in total. The molecule has 1 aliphatic carbocycles. The lowest BCUT2D eigenvalue weighted by atomic mass is 10.0. The zero-order valence-electron chi connectivity index (χ0n) is 8.43. The molecule has 0 amide bonds. The first-order valence-corrected chi connectivity index (χ1v) is 5.27. The summed E-state index contributed by atoms with van der Waals surface area (Å²) >= 11 is 0. The Morgan fingerprint density at radius 3 is 1.80 bits per heavy atom. The molecule has 72 valence electrons. The van der Waals surface area contributed by atoms with Gasteiger partial charge in [0.05, 0.1) is 0 Å². The van der Waals surface area contributed by atoms with Crippen LogP contribution in [0.3, 0.4) is 0 Å². The summed E-state index contributed by atoms with van der Waals surface area (Å²) in [5, 5.41) is 0. The predicted molar refractivity (Wildman–Crippen MR) is 63.8 cm³/mol. The maximum Gasteiger partial charge on any atom is 0.0199 e. The van der Waals surface area contributed by atoms with Gasteiger partial charge in [-0.1, -0.05) is 66.7 Å². The molecule has 1 aliphatic rings. The quantitative estimate of drug-likeness (QED) is 0.631. The van der Waals surface area contributed by atoms with Gasteiger partial charge in [0.15, 0.2) is 0 Å². The molecule has 0 aromatic heterocycles. The fraction of sp³-hybridized carbons (Fsp3) is 0.0667. The van der Waals surface area contributed by atoms with Crippen molar-refractivity contribution in [2.75, 3.05) is 0 Å². The van der Waals surface area contributed by atoms with Gasteiger partial charge in [0.2, 0.25) is 0 Å². The Bertz CT molecular complexity index is 471. The molecule has 3 rings (SSSR count). The highest BCUT2D eigenvalue weighted by Crippen LogP contribution is 2.30. The second-order valence-corrected chi connectivity index (χ2v) is 3.90. The first-order valence-electron chi connectivity index (χ1n) is 5.27. The third-order valence-electron chi connectivity index (χ3n) is 2.79. The van der Waals surface area contributed by atoms with E-state index in [-0.39, 0.29) is 0 Å². The lowest BCUT2D eigenvalue weighted by Crippen LogP contribution is -1.81. The highest BCUT2D eigenvalue weighted by Gasteiger charge is 2.12. The zero-order valence-corrected chi connectivity index (χ0v) is 8.43. The van der Waals surface area contributed by atoms with E-state index in [2.05, 4.69) is 60.7 Å². The normalized spacial score (nSPS) is 14.1. The third kappa shape index (κ3) is 1.71. The largest absolute Gasteiger partial charge is 0.0763 e. The molecule has 0 radical (unpaired) electrons. The summed E-state index contributed by atoms with van der Waals surface area (Å²) in [6.07, 6.45) is 4.44. The van der Waals surface area contributed by atoms with Crippen LogP contribution in [0.4, 0.5) is 0 Å². The average molecular weight is 192 g/mol. The van der Waals surface area contributed by atoms with Crippen LogP contribution in [0.15, 0.2) is 66.7 Å². The van der Waals surface area contributed by atoms with Gasteiger partial charge < -0.3 is 0 Å². The van der Waals surface area contributed by atoms with Crippen LogP contribution >= 0.6 is 0 Å². The Balaban J connectivity index is 1.93. The van der Waals surface area contributed by atoms with Crippen LogP contribution in [0.2, 0.25) is 0 Å². The summed E-state index contributed by atoms with van der Waals surface area (Å²) in [5.74, 6) is 0.606. The molecule has 0 heterocycles. The van der Waals surface area contributed by atoms with Gasteiger partial charge in [-0.2, -0.15) is 0 Å². The molecular formula is C15H12. The molecule has 0 fully saturated rings. The third-order valence-corrected chi connectivity index (χ3v) is 2.79. The first-order chi connectivity index (χ1) is 7.43. The molecule has 2 aromatic carbocycles. The average Bonchev–Trinajstić information content (AvgIpc) is 3.15. The van der Waals surface area contributed by atoms with Gasteiger partial charge >= 0.3 is 0 Å². The highest BCUT2D eigenvalue weighted by molar-refractivity contribution is 5.64. The number of allylic oxidation sites excluding steroid dienone is 2. The Hall–Kier alpha value is -1.82. The minimum absolute atomic E-state index is 0.606. The summed E-state index contributed by atoms with van der Waals surface area (Å²) in [6, 6.07) is 19.3. The molecule has 0 unspecified atom stereocenters. The van der Waals surface area contributed by atoms with Gasteiger partial charge in [0.25, 0.3) is 0 Å². The van der Waals surface area contributed by atoms with Gasteiger partial charge in [0.1, 0.15) is 0 Å². The highest BCUT2D eigenvalue weighted by atomic mass is 14.2. The summed E-state index contributed by atoms with van der Waals surface area (Å²) in [4.78, 5) is 0. The van der Waals surface area contributed by atoms with E-state index in [4.69, 9.17) is 0 Å². The second-order valence-electron chi connectivity index (χ2n) is 3.90. The van der Waals surface area contributed by atoms with Gasteiger partial charge in [-0.25, -0.2) is 0 Å². The molecule has 0 saturated carbocycles. The monoisotopic (exact) mass is 192 g/mol. The second kappa shape index (κ2) is 3.39. The Morgan fingerprint density at radius 1 is 0.600 bits per heavy atom. The van der Waals surface area contributed by atoms with Gasteiger partial charge in [-0.15, -0.1) is 0 Å². The van der Waals surface area contributed by atoms with Crippen molar-refractivity contribution < 1.29 is 0 Å². The van der Waals surface area contributed by atoms with Crippen LogP contribution in [0.1, 0.15) is 11.5 Å². The Morgan fingerprint density at radius 2 is 1.20 bits per heavy atom. The van der Waals surface area contributed by atoms with Crippen LogP contribution in [0.5, 0.6) is 0 Å². The topological polar surface area (TPSA) is 0 Å². The Labute approximate surface area is 89.9 Å². The van der Waals surface area contributed by atoms with Crippen LogP contribution < -0.4 is 0 Å². The predicted octanol–water partition coefficient (Wildman–Crippen LogP) is 4.01. The number of benzene rings is 2. The van der Waals surface area contributed by atoms with Gasteiger partial charge in [-0.3, -0.25) is 0 Å². The standard InChI is InChI=1S/C15H12/c1-2-4-12(5-3-1)13-6-8-14(9-7-13)15-10-11-15/h1-11,15H. The van der Waals surface area contributed by atoms with Crippen LogP contribution in [0, 0.1) is 0 Å². The van der Waals surface area contributed by atoms with Crippen molar-refractivity contribution in [2.45, 2.75) is 5.92 Å². The number of rotatable bonds is 2. The minimum Gasteiger partial charge on any atom is -0.0763 e. The molecule has 0 spiro atoms. The van der Waals surface area contributed by atoms with Crippen LogP contribution in [-0.2, 0) is 0 Å². The zero-order chi connectivity index (χ0) is 10.1. The summed E-state index contributed by atoms with van der Waals surface area (Å²) in [6.45, 7) is 0. The lowest BCUT2D eigenvalue weighted by molar-refractivity contribution is 1.24. The molecule has 15 heavy (non-hydrogen) atoms. The fourth-order valence-corrected chi connectivity index (χ4v) is 1.81. The summed E-state index contributed by atoms with van der Waals surface area (Å²) in [5.41, 5.74) is 3.97. The molecular weight excluding hydrogens is 180 g/mol. The van der Waals surface area contributed by atoms with Gasteiger partial charge in [0, 0.05) is 5.92 Å². The summed E-state index contributed by atoms with van der Waals surface area (Å²) < 4.78 is 0. The van der Waals surface area contributed by atoms with Crippen molar-refractivity contribution in [1.82, 2.24) is 0 Å². The molecule has 0 aliphatic heterocycles. The van der Waals surface area contributed by atoms with Crippen LogP contribution in [-0.4, -0.2) is 0 Å². The SMILES string of the molecule is C1=CC1c1ccc(-c2ccccc2)cc1. The molecule has 2 aromatic rings. The van der Waals surface area contributed by atoms with E-state index in [0.29, 0.717) is 5.92 Å². The first kappa shape index (κ1) is 8.49. The number of hydrogen-bond donors (Lipinski definition) is 0. The van der Waals surface area contributed by atoms with Crippen molar-refractivity contribution in [3.63, 3.8) is 0 Å². The maximum atomic E-state index is 2.22. The van der Waals surface area contributed by atoms with Crippen molar-refractivity contribution in [3.8, 4) is 11.1 Å². The van der Waals surface area contributed by atoms with E-state index in [9.17, 15) is 0 Å². The maximum absolute atomic E-state index is 2.22. The molecule has 0 bridgehead atoms.